The van der Waals surface area contributed by atoms with Crippen molar-refractivity contribution in [1.29, 1.82) is 0 Å². The minimum atomic E-state index is -0.895. The van der Waals surface area contributed by atoms with E-state index in [4.69, 9.17) is 16.3 Å². The number of methoxy groups -OCH3 is 1. The predicted molar refractivity (Wildman–Crippen MR) is 80.0 cm³/mol. The fourth-order valence-electron chi connectivity index (χ4n) is 3.06. The molecule has 0 spiro atoms. The number of rotatable bonds is 5. The van der Waals surface area contributed by atoms with Crippen LogP contribution < -0.4 is 4.74 Å². The zero-order valence-corrected chi connectivity index (χ0v) is 12.9. The van der Waals surface area contributed by atoms with Crippen molar-refractivity contribution in [2.75, 3.05) is 7.11 Å². The third kappa shape index (κ3) is 3.21. The smallest absolute Gasteiger partial charge is 0.307 e. The van der Waals surface area contributed by atoms with Gasteiger partial charge in [0.1, 0.15) is 5.75 Å². The van der Waals surface area contributed by atoms with Gasteiger partial charge in [-0.15, -0.1) is 0 Å². The van der Waals surface area contributed by atoms with Gasteiger partial charge in [-0.1, -0.05) is 24.9 Å². The quantitative estimate of drug-likeness (QED) is 0.843. The van der Waals surface area contributed by atoms with Gasteiger partial charge in [-0.3, -0.25) is 9.59 Å². The van der Waals surface area contributed by atoms with Gasteiger partial charge in [-0.05, 0) is 37.0 Å². The minimum Gasteiger partial charge on any atom is -0.497 e. The Bertz CT molecular complexity index is 555. The number of hydrogen-bond acceptors (Lipinski definition) is 3. The first-order valence-corrected chi connectivity index (χ1v) is 7.46. The van der Waals surface area contributed by atoms with Crippen LogP contribution in [0.3, 0.4) is 0 Å². The lowest BCUT2D eigenvalue weighted by atomic mass is 9.88. The molecule has 0 heterocycles. The van der Waals surface area contributed by atoms with Gasteiger partial charge in [-0.25, -0.2) is 0 Å². The average molecular weight is 311 g/mol. The number of halogens is 1. The van der Waals surface area contributed by atoms with E-state index in [0.717, 1.165) is 6.42 Å². The first-order valence-electron chi connectivity index (χ1n) is 7.08. The summed E-state index contributed by atoms with van der Waals surface area (Å²) in [6.07, 6.45) is 2.08. The van der Waals surface area contributed by atoms with Crippen molar-refractivity contribution in [3.8, 4) is 5.75 Å². The molecule has 3 atom stereocenters. The number of carbonyl (C=O) groups is 2. The largest absolute Gasteiger partial charge is 0.497 e. The molecule has 3 unspecified atom stereocenters. The Hall–Kier alpha value is -1.55. The lowest BCUT2D eigenvalue weighted by Gasteiger charge is -2.15. The van der Waals surface area contributed by atoms with Gasteiger partial charge < -0.3 is 9.84 Å². The number of benzene rings is 1. The van der Waals surface area contributed by atoms with E-state index in [-0.39, 0.29) is 11.7 Å². The van der Waals surface area contributed by atoms with Crippen molar-refractivity contribution < 1.29 is 19.4 Å². The molecule has 1 aliphatic rings. The molecular formula is C16H19ClO4. The molecule has 0 aromatic heterocycles. The van der Waals surface area contributed by atoms with Crippen molar-refractivity contribution >= 4 is 23.4 Å². The zero-order valence-electron chi connectivity index (χ0n) is 12.1. The lowest BCUT2D eigenvalue weighted by Crippen LogP contribution is -2.25. The maximum absolute atomic E-state index is 12.7. The van der Waals surface area contributed by atoms with Crippen LogP contribution in [0.4, 0.5) is 0 Å². The Balaban J connectivity index is 2.28. The average Bonchev–Trinajstić information content (AvgIpc) is 2.91. The number of carbonyl (C=O) groups excluding carboxylic acids is 1. The van der Waals surface area contributed by atoms with Crippen molar-refractivity contribution in [2.45, 2.75) is 26.2 Å². The van der Waals surface area contributed by atoms with Crippen LogP contribution in [0.5, 0.6) is 5.75 Å². The van der Waals surface area contributed by atoms with Gasteiger partial charge >= 0.3 is 5.97 Å². The summed E-state index contributed by atoms with van der Waals surface area (Å²) in [6.45, 7) is 2.02. The standard InChI is InChI=1S/C16H19ClO4/c1-3-9-6-12(13(7-9)16(19)20)15(18)11-5-4-10(21-2)8-14(11)17/h4-5,8-9,12-13H,3,6-7H2,1-2H3,(H,19,20). The summed E-state index contributed by atoms with van der Waals surface area (Å²) in [5.41, 5.74) is 0.380. The van der Waals surface area contributed by atoms with Crippen LogP contribution in [-0.4, -0.2) is 24.0 Å². The summed E-state index contributed by atoms with van der Waals surface area (Å²) in [5, 5.41) is 9.65. The lowest BCUT2D eigenvalue weighted by molar-refractivity contribution is -0.142. The molecule has 1 aromatic carbocycles. The topological polar surface area (TPSA) is 63.6 Å². The Morgan fingerprint density at radius 1 is 1.33 bits per heavy atom. The fraction of sp³-hybridized carbons (Fsp3) is 0.500. The van der Waals surface area contributed by atoms with Crippen LogP contribution in [0, 0.1) is 17.8 Å². The SMILES string of the molecule is CCC1CC(C(=O)O)C(C(=O)c2ccc(OC)cc2Cl)C1. The fourth-order valence-corrected chi connectivity index (χ4v) is 3.33. The van der Waals surface area contributed by atoms with Crippen LogP contribution >= 0.6 is 11.6 Å². The van der Waals surface area contributed by atoms with Gasteiger partial charge in [-0.2, -0.15) is 0 Å². The molecule has 1 aliphatic carbocycles. The number of aliphatic carboxylic acids is 1. The molecule has 2 rings (SSSR count). The number of carboxylic acid groups (broad SMARTS) is 1. The summed E-state index contributed by atoms with van der Waals surface area (Å²) in [4.78, 5) is 24.0. The molecule has 5 heteroatoms. The third-order valence-electron chi connectivity index (χ3n) is 4.33. The maximum Gasteiger partial charge on any atom is 0.307 e. The molecule has 1 N–H and O–H groups in total. The second-order valence-electron chi connectivity index (χ2n) is 5.51. The molecule has 0 bridgehead atoms. The number of ketones is 1. The van der Waals surface area contributed by atoms with Gasteiger partial charge in [0.25, 0.3) is 0 Å². The van der Waals surface area contributed by atoms with Crippen molar-refractivity contribution in [2.24, 2.45) is 17.8 Å². The van der Waals surface area contributed by atoms with Crippen molar-refractivity contribution in [3.63, 3.8) is 0 Å². The van der Waals surface area contributed by atoms with E-state index in [1.165, 1.54) is 7.11 Å². The van der Waals surface area contributed by atoms with E-state index in [1.54, 1.807) is 18.2 Å². The summed E-state index contributed by atoms with van der Waals surface area (Å²) in [7, 11) is 1.52. The zero-order chi connectivity index (χ0) is 15.6. The minimum absolute atomic E-state index is 0.175. The second-order valence-corrected chi connectivity index (χ2v) is 5.91. The van der Waals surface area contributed by atoms with Crippen LogP contribution in [-0.2, 0) is 4.79 Å². The first-order chi connectivity index (χ1) is 9.97. The molecule has 0 aliphatic heterocycles. The van der Waals surface area contributed by atoms with E-state index in [0.29, 0.717) is 29.2 Å². The van der Waals surface area contributed by atoms with Crippen molar-refractivity contribution in [3.05, 3.63) is 28.8 Å². The van der Waals surface area contributed by atoms with Gasteiger partial charge in [0, 0.05) is 11.5 Å². The van der Waals surface area contributed by atoms with E-state index >= 15 is 0 Å². The molecule has 1 aromatic rings. The molecule has 1 saturated carbocycles. The monoisotopic (exact) mass is 310 g/mol. The molecule has 0 saturated heterocycles. The molecule has 0 amide bonds. The molecule has 114 valence electrons. The van der Waals surface area contributed by atoms with E-state index in [9.17, 15) is 14.7 Å². The highest BCUT2D eigenvalue weighted by Crippen LogP contribution is 2.41. The van der Waals surface area contributed by atoms with Gasteiger partial charge in [0.15, 0.2) is 5.78 Å². The molecule has 0 radical (unpaired) electrons. The normalized spacial score (nSPS) is 24.8. The Kier molecular flexibility index (Phi) is 4.88. The third-order valence-corrected chi connectivity index (χ3v) is 4.65. The van der Waals surface area contributed by atoms with Crippen LogP contribution in [0.15, 0.2) is 18.2 Å². The molecular weight excluding hydrogens is 292 g/mol. The Morgan fingerprint density at radius 3 is 2.52 bits per heavy atom. The van der Waals surface area contributed by atoms with Gasteiger partial charge in [0.05, 0.1) is 18.1 Å². The summed E-state index contributed by atoms with van der Waals surface area (Å²) in [6, 6.07) is 4.86. The van der Waals surface area contributed by atoms with E-state index in [2.05, 4.69) is 0 Å². The van der Waals surface area contributed by atoms with Crippen LogP contribution in [0.25, 0.3) is 0 Å². The predicted octanol–water partition coefficient (Wildman–Crippen LogP) is 3.67. The number of hydrogen-bond donors (Lipinski definition) is 1. The van der Waals surface area contributed by atoms with E-state index < -0.39 is 17.8 Å². The van der Waals surface area contributed by atoms with Crippen molar-refractivity contribution in [1.82, 2.24) is 0 Å². The van der Waals surface area contributed by atoms with Crippen LogP contribution in [0.1, 0.15) is 36.5 Å². The molecule has 21 heavy (non-hydrogen) atoms. The highest BCUT2D eigenvalue weighted by Gasteiger charge is 2.42. The maximum atomic E-state index is 12.7. The summed E-state index contributed by atoms with van der Waals surface area (Å²) >= 11 is 6.13. The number of carboxylic acids is 1. The highest BCUT2D eigenvalue weighted by molar-refractivity contribution is 6.34. The first kappa shape index (κ1) is 15.8. The summed E-state index contributed by atoms with van der Waals surface area (Å²) in [5.74, 6) is -1.31. The van der Waals surface area contributed by atoms with Crippen LogP contribution in [0.2, 0.25) is 5.02 Å². The van der Waals surface area contributed by atoms with E-state index in [1.807, 2.05) is 6.92 Å². The second kappa shape index (κ2) is 6.48. The Labute approximate surface area is 129 Å². The molecule has 4 nitrogen and oxygen atoms in total. The molecule has 1 fully saturated rings. The summed E-state index contributed by atoms with van der Waals surface area (Å²) < 4.78 is 5.06. The Morgan fingerprint density at radius 2 is 2.00 bits per heavy atom. The highest BCUT2D eigenvalue weighted by atomic mass is 35.5. The number of Topliss-reactive ketones (excluding diaryl/α,β-unsaturated/α-hetero) is 1. The number of ether oxygens (including phenoxy) is 1. The van der Waals surface area contributed by atoms with Gasteiger partial charge in [0.2, 0.25) is 0 Å².